The van der Waals surface area contributed by atoms with Crippen LogP contribution in [0, 0.1) is 0 Å². The Morgan fingerprint density at radius 2 is 2.31 bits per heavy atom. The van der Waals surface area contributed by atoms with E-state index in [1.807, 2.05) is 0 Å². The largest absolute Gasteiger partial charge is 0.508 e. The van der Waals surface area contributed by atoms with E-state index in [1.165, 1.54) is 0 Å². The van der Waals surface area contributed by atoms with Gasteiger partial charge in [0.15, 0.2) is 0 Å². The highest BCUT2D eigenvalue weighted by Gasteiger charge is 2.08. The third kappa shape index (κ3) is 2.00. The Morgan fingerprint density at radius 3 is 2.85 bits per heavy atom. The van der Waals surface area contributed by atoms with Gasteiger partial charge in [-0.3, -0.25) is 0 Å². The van der Waals surface area contributed by atoms with Gasteiger partial charge in [0.1, 0.15) is 11.5 Å². The Labute approximate surface area is 77.4 Å². The lowest BCUT2D eigenvalue weighted by atomic mass is 10.1. The topological polar surface area (TPSA) is 55.5 Å². The summed E-state index contributed by atoms with van der Waals surface area (Å²) in [5.74, 6) is 0.832. The normalized spacial score (nSPS) is 12.2. The molecule has 0 fully saturated rings. The number of ether oxygens (including phenoxy) is 1. The summed E-state index contributed by atoms with van der Waals surface area (Å²) in [6.45, 7) is 3.56. The molecular weight excluding hydrogens is 166 g/mol. The lowest BCUT2D eigenvalue weighted by molar-refractivity contribution is 0.410. The van der Waals surface area contributed by atoms with Crippen molar-refractivity contribution in [2.75, 3.05) is 7.11 Å². The summed E-state index contributed by atoms with van der Waals surface area (Å²) in [6, 6.07) is 4.56. The van der Waals surface area contributed by atoms with Gasteiger partial charge < -0.3 is 15.6 Å². The molecule has 3 N–H and O–H groups in total. The van der Waals surface area contributed by atoms with Gasteiger partial charge in [-0.1, -0.05) is 6.08 Å². The minimum atomic E-state index is -0.366. The summed E-state index contributed by atoms with van der Waals surface area (Å²) in [6.07, 6.45) is 1.56. The first-order chi connectivity index (χ1) is 6.19. The van der Waals surface area contributed by atoms with Crippen LogP contribution in [-0.2, 0) is 0 Å². The number of aromatic hydroxyl groups is 1. The first kappa shape index (κ1) is 9.61. The van der Waals surface area contributed by atoms with Crippen LogP contribution in [0.1, 0.15) is 11.6 Å². The highest BCUT2D eigenvalue weighted by molar-refractivity contribution is 5.42. The third-order valence-corrected chi connectivity index (χ3v) is 1.85. The smallest absolute Gasteiger partial charge is 0.120 e. The van der Waals surface area contributed by atoms with E-state index in [4.69, 9.17) is 10.5 Å². The summed E-state index contributed by atoms with van der Waals surface area (Å²) in [5.41, 5.74) is 6.30. The van der Waals surface area contributed by atoms with Gasteiger partial charge in [-0.05, 0) is 18.2 Å². The standard InChI is InChI=1S/C10H13NO2/c1-3-9(11)8-6-7(13-2)4-5-10(8)12/h3-6,9,12H,1,11H2,2H3. The average Bonchev–Trinajstić information content (AvgIpc) is 2.17. The van der Waals surface area contributed by atoms with Crippen molar-refractivity contribution in [3.63, 3.8) is 0 Å². The molecule has 0 aliphatic heterocycles. The van der Waals surface area contributed by atoms with Gasteiger partial charge in [-0.2, -0.15) is 0 Å². The van der Waals surface area contributed by atoms with Crippen molar-refractivity contribution in [3.05, 3.63) is 36.4 Å². The van der Waals surface area contributed by atoms with E-state index in [1.54, 1.807) is 31.4 Å². The van der Waals surface area contributed by atoms with E-state index < -0.39 is 0 Å². The molecule has 0 bridgehead atoms. The molecule has 1 aromatic carbocycles. The number of nitrogens with two attached hydrogens (primary N) is 1. The van der Waals surface area contributed by atoms with Crippen LogP contribution in [0.2, 0.25) is 0 Å². The zero-order chi connectivity index (χ0) is 9.84. The minimum absolute atomic E-state index is 0.160. The van der Waals surface area contributed by atoms with Gasteiger partial charge in [0.05, 0.1) is 13.2 Å². The summed E-state index contributed by atoms with van der Waals surface area (Å²) < 4.78 is 5.00. The SMILES string of the molecule is C=CC(N)c1cc(OC)ccc1O. The number of hydrogen-bond acceptors (Lipinski definition) is 3. The maximum atomic E-state index is 9.45. The van der Waals surface area contributed by atoms with Gasteiger partial charge >= 0.3 is 0 Å². The average molecular weight is 179 g/mol. The first-order valence-electron chi connectivity index (χ1n) is 3.94. The summed E-state index contributed by atoms with van der Waals surface area (Å²) in [5, 5.41) is 9.45. The molecule has 0 saturated heterocycles. The van der Waals surface area contributed by atoms with Crippen LogP contribution >= 0.6 is 0 Å². The molecule has 3 nitrogen and oxygen atoms in total. The monoisotopic (exact) mass is 179 g/mol. The van der Waals surface area contributed by atoms with Crippen molar-refractivity contribution >= 4 is 0 Å². The zero-order valence-corrected chi connectivity index (χ0v) is 7.53. The summed E-state index contributed by atoms with van der Waals surface area (Å²) in [7, 11) is 1.57. The number of phenolic OH excluding ortho intramolecular Hbond substituents is 1. The first-order valence-corrected chi connectivity index (χ1v) is 3.94. The molecule has 0 amide bonds. The highest BCUT2D eigenvalue weighted by Crippen LogP contribution is 2.27. The molecule has 0 aliphatic rings. The molecule has 1 aromatic rings. The van der Waals surface area contributed by atoms with E-state index in [0.29, 0.717) is 11.3 Å². The number of benzene rings is 1. The molecule has 1 rings (SSSR count). The van der Waals surface area contributed by atoms with Crippen molar-refractivity contribution in [1.29, 1.82) is 0 Å². The predicted molar refractivity (Wildman–Crippen MR) is 51.8 cm³/mol. The molecule has 0 radical (unpaired) electrons. The third-order valence-electron chi connectivity index (χ3n) is 1.85. The lowest BCUT2D eigenvalue weighted by Gasteiger charge is -2.10. The number of rotatable bonds is 3. The Balaban J connectivity index is 3.10. The Hall–Kier alpha value is -1.48. The van der Waals surface area contributed by atoms with Gasteiger partial charge in [0.2, 0.25) is 0 Å². The van der Waals surface area contributed by atoms with E-state index in [0.717, 1.165) is 0 Å². The molecule has 0 aromatic heterocycles. The fourth-order valence-corrected chi connectivity index (χ4v) is 1.05. The van der Waals surface area contributed by atoms with Crippen molar-refractivity contribution in [3.8, 4) is 11.5 Å². The Kier molecular flexibility index (Phi) is 2.93. The van der Waals surface area contributed by atoms with Crippen LogP contribution in [0.25, 0.3) is 0 Å². The highest BCUT2D eigenvalue weighted by atomic mass is 16.5. The molecule has 0 saturated carbocycles. The lowest BCUT2D eigenvalue weighted by Crippen LogP contribution is -2.06. The second kappa shape index (κ2) is 3.96. The van der Waals surface area contributed by atoms with Gasteiger partial charge in [-0.15, -0.1) is 6.58 Å². The molecule has 1 unspecified atom stereocenters. The Bertz CT molecular complexity index is 310. The van der Waals surface area contributed by atoms with Crippen LogP contribution in [0.15, 0.2) is 30.9 Å². The van der Waals surface area contributed by atoms with Crippen LogP contribution in [0.3, 0.4) is 0 Å². The maximum absolute atomic E-state index is 9.45. The molecule has 1 atom stereocenters. The Morgan fingerprint density at radius 1 is 1.62 bits per heavy atom. The molecule has 0 heterocycles. The minimum Gasteiger partial charge on any atom is -0.508 e. The molecule has 13 heavy (non-hydrogen) atoms. The summed E-state index contributed by atoms with van der Waals surface area (Å²) in [4.78, 5) is 0. The molecule has 0 spiro atoms. The fraction of sp³-hybridized carbons (Fsp3) is 0.200. The summed E-state index contributed by atoms with van der Waals surface area (Å²) >= 11 is 0. The van der Waals surface area contributed by atoms with Crippen LogP contribution in [0.4, 0.5) is 0 Å². The number of methoxy groups -OCH3 is 1. The van der Waals surface area contributed by atoms with Crippen molar-refractivity contribution < 1.29 is 9.84 Å². The van der Waals surface area contributed by atoms with E-state index in [-0.39, 0.29) is 11.8 Å². The quantitative estimate of drug-likeness (QED) is 0.693. The fourth-order valence-electron chi connectivity index (χ4n) is 1.05. The van der Waals surface area contributed by atoms with Crippen LogP contribution < -0.4 is 10.5 Å². The van der Waals surface area contributed by atoms with Gasteiger partial charge in [0, 0.05) is 5.56 Å². The van der Waals surface area contributed by atoms with Crippen LogP contribution in [-0.4, -0.2) is 12.2 Å². The van der Waals surface area contributed by atoms with Crippen LogP contribution in [0.5, 0.6) is 11.5 Å². The van der Waals surface area contributed by atoms with Gasteiger partial charge in [-0.25, -0.2) is 0 Å². The van der Waals surface area contributed by atoms with E-state index >= 15 is 0 Å². The second-order valence-corrected chi connectivity index (χ2v) is 2.69. The second-order valence-electron chi connectivity index (χ2n) is 2.69. The van der Waals surface area contributed by atoms with Crippen molar-refractivity contribution in [1.82, 2.24) is 0 Å². The zero-order valence-electron chi connectivity index (χ0n) is 7.53. The molecule has 70 valence electrons. The van der Waals surface area contributed by atoms with Crippen molar-refractivity contribution in [2.45, 2.75) is 6.04 Å². The van der Waals surface area contributed by atoms with Crippen molar-refractivity contribution in [2.24, 2.45) is 5.73 Å². The van der Waals surface area contributed by atoms with E-state index in [9.17, 15) is 5.11 Å². The van der Waals surface area contributed by atoms with Gasteiger partial charge in [0.25, 0.3) is 0 Å². The molecule has 3 heteroatoms. The number of phenols is 1. The number of hydrogen-bond donors (Lipinski definition) is 2. The molecule has 0 aliphatic carbocycles. The predicted octanol–water partition coefficient (Wildman–Crippen LogP) is 1.59. The van der Waals surface area contributed by atoms with E-state index in [2.05, 4.69) is 6.58 Å². The molecular formula is C10H13NO2. The maximum Gasteiger partial charge on any atom is 0.120 e.